The van der Waals surface area contributed by atoms with Crippen LogP contribution in [0.3, 0.4) is 0 Å². The van der Waals surface area contributed by atoms with E-state index in [9.17, 15) is 0 Å². The fourth-order valence-corrected chi connectivity index (χ4v) is 2.96. The zero-order chi connectivity index (χ0) is 9.10. The molecule has 0 aromatic carbocycles. The van der Waals surface area contributed by atoms with Crippen molar-refractivity contribution >= 4 is 22.7 Å². The highest BCUT2D eigenvalue weighted by Gasteiger charge is 2.01. The van der Waals surface area contributed by atoms with Gasteiger partial charge in [-0.2, -0.15) is 11.3 Å². The maximum Gasteiger partial charge on any atom is 0.0354 e. The van der Waals surface area contributed by atoms with Crippen LogP contribution in [0.25, 0.3) is 10.4 Å². The highest BCUT2D eigenvalue weighted by molar-refractivity contribution is 7.16. The molecule has 2 N–H and O–H groups in total. The van der Waals surface area contributed by atoms with Gasteiger partial charge < -0.3 is 5.73 Å². The van der Waals surface area contributed by atoms with Crippen molar-refractivity contribution in [3.8, 4) is 10.4 Å². The van der Waals surface area contributed by atoms with E-state index in [0.29, 0.717) is 0 Å². The van der Waals surface area contributed by atoms with Crippen molar-refractivity contribution in [3.05, 3.63) is 33.8 Å². The second-order valence-electron chi connectivity index (χ2n) is 2.82. The molecule has 0 amide bonds. The fourth-order valence-electron chi connectivity index (χ4n) is 1.21. The Labute approximate surface area is 85.8 Å². The van der Waals surface area contributed by atoms with Gasteiger partial charge >= 0.3 is 0 Å². The average Bonchev–Trinajstić information content (AvgIpc) is 2.70. The van der Waals surface area contributed by atoms with Crippen molar-refractivity contribution in [1.82, 2.24) is 0 Å². The summed E-state index contributed by atoms with van der Waals surface area (Å²) >= 11 is 3.58. The van der Waals surface area contributed by atoms with Crippen LogP contribution in [-0.4, -0.2) is 6.54 Å². The Morgan fingerprint density at radius 2 is 2.15 bits per heavy atom. The molecule has 68 valence electrons. The molecule has 2 rings (SSSR count). The van der Waals surface area contributed by atoms with Crippen LogP contribution in [0.2, 0.25) is 0 Å². The zero-order valence-electron chi connectivity index (χ0n) is 7.19. The molecule has 0 spiro atoms. The molecular weight excluding hydrogens is 198 g/mol. The van der Waals surface area contributed by atoms with Crippen molar-refractivity contribution < 1.29 is 0 Å². The smallest absolute Gasteiger partial charge is 0.0354 e. The van der Waals surface area contributed by atoms with E-state index >= 15 is 0 Å². The van der Waals surface area contributed by atoms with E-state index in [2.05, 4.69) is 29.0 Å². The van der Waals surface area contributed by atoms with Gasteiger partial charge in [0.1, 0.15) is 0 Å². The minimum absolute atomic E-state index is 0.740. The van der Waals surface area contributed by atoms with Crippen LogP contribution in [0.1, 0.15) is 4.88 Å². The van der Waals surface area contributed by atoms with Crippen molar-refractivity contribution in [2.24, 2.45) is 5.73 Å². The second-order valence-corrected chi connectivity index (χ2v) is 4.77. The predicted octanol–water partition coefficient (Wildman–Crippen LogP) is 2.98. The normalized spacial score (nSPS) is 10.5. The molecule has 0 bridgehead atoms. The van der Waals surface area contributed by atoms with E-state index in [0.717, 1.165) is 13.0 Å². The summed E-state index contributed by atoms with van der Waals surface area (Å²) in [7, 11) is 0. The van der Waals surface area contributed by atoms with E-state index in [1.165, 1.54) is 15.3 Å². The molecule has 2 heterocycles. The molecule has 0 atom stereocenters. The highest BCUT2D eigenvalue weighted by atomic mass is 32.1. The van der Waals surface area contributed by atoms with E-state index in [4.69, 9.17) is 5.73 Å². The summed E-state index contributed by atoms with van der Waals surface area (Å²) < 4.78 is 0. The van der Waals surface area contributed by atoms with Gasteiger partial charge in [0.2, 0.25) is 0 Å². The lowest BCUT2D eigenvalue weighted by molar-refractivity contribution is 0.989. The molecule has 0 saturated carbocycles. The summed E-state index contributed by atoms with van der Waals surface area (Å²) in [6, 6.07) is 6.50. The molecule has 3 heteroatoms. The van der Waals surface area contributed by atoms with Gasteiger partial charge in [0.05, 0.1) is 0 Å². The first-order valence-corrected chi connectivity index (χ1v) is 5.97. The van der Waals surface area contributed by atoms with Crippen LogP contribution in [0.5, 0.6) is 0 Å². The maximum absolute atomic E-state index is 5.50. The largest absolute Gasteiger partial charge is 0.330 e. The van der Waals surface area contributed by atoms with E-state index < -0.39 is 0 Å². The van der Waals surface area contributed by atoms with E-state index in [1.807, 2.05) is 11.3 Å². The summed E-state index contributed by atoms with van der Waals surface area (Å²) in [5.41, 5.74) is 6.83. The van der Waals surface area contributed by atoms with Crippen LogP contribution in [-0.2, 0) is 6.42 Å². The number of hydrogen-bond acceptors (Lipinski definition) is 3. The first kappa shape index (κ1) is 8.94. The van der Waals surface area contributed by atoms with Crippen LogP contribution in [0.15, 0.2) is 29.0 Å². The van der Waals surface area contributed by atoms with Crippen LogP contribution in [0, 0.1) is 0 Å². The highest BCUT2D eigenvalue weighted by Crippen LogP contribution is 2.29. The molecule has 0 unspecified atom stereocenters. The third-order valence-corrected chi connectivity index (χ3v) is 3.74. The zero-order valence-corrected chi connectivity index (χ0v) is 8.83. The first-order valence-electron chi connectivity index (χ1n) is 4.21. The van der Waals surface area contributed by atoms with Gasteiger partial charge in [0, 0.05) is 15.3 Å². The first-order chi connectivity index (χ1) is 6.40. The lowest BCUT2D eigenvalue weighted by Crippen LogP contribution is -2.00. The van der Waals surface area contributed by atoms with Gasteiger partial charge in [-0.25, -0.2) is 0 Å². The molecule has 2 aromatic heterocycles. The van der Waals surface area contributed by atoms with Crippen LogP contribution >= 0.6 is 22.7 Å². The van der Waals surface area contributed by atoms with Crippen molar-refractivity contribution in [2.75, 3.05) is 6.54 Å². The molecule has 0 aliphatic heterocycles. The van der Waals surface area contributed by atoms with Gasteiger partial charge in [-0.15, -0.1) is 11.3 Å². The minimum atomic E-state index is 0.740. The van der Waals surface area contributed by atoms with Gasteiger partial charge in [-0.1, -0.05) is 0 Å². The molecule has 2 aromatic rings. The lowest BCUT2D eigenvalue weighted by atomic mass is 10.3. The number of rotatable bonds is 3. The van der Waals surface area contributed by atoms with Gasteiger partial charge in [-0.05, 0) is 41.9 Å². The fraction of sp³-hybridized carbons (Fsp3) is 0.200. The summed E-state index contributed by atoms with van der Waals surface area (Å²) in [6.45, 7) is 0.740. The molecule has 1 nitrogen and oxygen atoms in total. The van der Waals surface area contributed by atoms with Gasteiger partial charge in [-0.3, -0.25) is 0 Å². The standard InChI is InChI=1S/C10H11NS2/c11-5-3-9-1-2-10(13-9)8-4-6-12-7-8/h1-2,4,6-7H,3,5,11H2. The number of nitrogens with two attached hydrogens (primary N) is 1. The second kappa shape index (κ2) is 4.05. The molecule has 0 aliphatic carbocycles. The van der Waals surface area contributed by atoms with Crippen molar-refractivity contribution in [2.45, 2.75) is 6.42 Å². The van der Waals surface area contributed by atoms with Gasteiger partial charge in [0.25, 0.3) is 0 Å². The SMILES string of the molecule is NCCc1ccc(-c2ccsc2)s1. The summed E-state index contributed by atoms with van der Waals surface area (Å²) in [5, 5.41) is 4.29. The Morgan fingerprint density at radius 1 is 1.23 bits per heavy atom. The number of hydrogen-bond donors (Lipinski definition) is 1. The van der Waals surface area contributed by atoms with E-state index in [1.54, 1.807) is 11.3 Å². The topological polar surface area (TPSA) is 26.0 Å². The van der Waals surface area contributed by atoms with E-state index in [-0.39, 0.29) is 0 Å². The van der Waals surface area contributed by atoms with Crippen LogP contribution in [0.4, 0.5) is 0 Å². The third kappa shape index (κ3) is 1.99. The van der Waals surface area contributed by atoms with Crippen LogP contribution < -0.4 is 5.73 Å². The average molecular weight is 209 g/mol. The molecule has 0 aliphatic rings. The van der Waals surface area contributed by atoms with Crippen molar-refractivity contribution in [1.29, 1.82) is 0 Å². The molecular formula is C10H11NS2. The molecule has 13 heavy (non-hydrogen) atoms. The van der Waals surface area contributed by atoms with Crippen molar-refractivity contribution in [3.63, 3.8) is 0 Å². The monoisotopic (exact) mass is 209 g/mol. The third-order valence-electron chi connectivity index (χ3n) is 1.86. The Balaban J connectivity index is 2.23. The summed E-state index contributed by atoms with van der Waals surface area (Å²) in [4.78, 5) is 2.73. The quantitative estimate of drug-likeness (QED) is 0.826. The summed E-state index contributed by atoms with van der Waals surface area (Å²) in [5.74, 6) is 0. The Kier molecular flexibility index (Phi) is 2.78. The Bertz CT molecular complexity index is 362. The molecule has 0 fully saturated rings. The van der Waals surface area contributed by atoms with Gasteiger partial charge in [0.15, 0.2) is 0 Å². The Morgan fingerprint density at radius 3 is 2.85 bits per heavy atom. The maximum atomic E-state index is 5.50. The summed E-state index contributed by atoms with van der Waals surface area (Å²) in [6.07, 6.45) is 0.995. The Hall–Kier alpha value is -0.640. The lowest BCUT2D eigenvalue weighted by Gasteiger charge is -1.90. The minimum Gasteiger partial charge on any atom is -0.330 e. The number of thiophene rings is 2. The molecule has 0 radical (unpaired) electrons. The predicted molar refractivity (Wildman–Crippen MR) is 60.4 cm³/mol. The molecule has 0 saturated heterocycles.